The van der Waals surface area contributed by atoms with Gasteiger partial charge in [0.15, 0.2) is 0 Å². The van der Waals surface area contributed by atoms with E-state index in [4.69, 9.17) is 39.6 Å². The van der Waals surface area contributed by atoms with Crippen molar-refractivity contribution in [1.29, 1.82) is 0 Å². The highest BCUT2D eigenvalue weighted by molar-refractivity contribution is 8.14. The molecule has 0 saturated carbocycles. The second kappa shape index (κ2) is 3.44. The molecular weight excluding hydrogens is 256 g/mol. The SMILES string of the molecule is NC1(Cl)C=CC=C(Cl)C1S(=O)(=O)Cl. The Kier molecular flexibility index (Phi) is 3.00. The number of allylic oxidation sites excluding steroid dienone is 2. The second-order valence-electron chi connectivity index (χ2n) is 2.59. The Balaban J connectivity index is 3.22. The standard InChI is InChI=1S/C6H6Cl3NO2S/c7-4-2-1-3-6(8,10)5(4)13(9,11)12/h1-3,5H,10H2. The fourth-order valence-electron chi connectivity index (χ4n) is 1.02. The van der Waals surface area contributed by atoms with Crippen molar-refractivity contribution in [1.82, 2.24) is 0 Å². The zero-order valence-electron chi connectivity index (χ0n) is 6.25. The van der Waals surface area contributed by atoms with Crippen LogP contribution in [0.2, 0.25) is 0 Å². The molecule has 2 N–H and O–H groups in total. The van der Waals surface area contributed by atoms with Crippen LogP contribution in [0.3, 0.4) is 0 Å². The highest BCUT2D eigenvalue weighted by Gasteiger charge is 2.43. The molecule has 1 aliphatic carbocycles. The topological polar surface area (TPSA) is 60.2 Å². The molecule has 0 aromatic heterocycles. The van der Waals surface area contributed by atoms with Crippen LogP contribution in [-0.4, -0.2) is 18.7 Å². The van der Waals surface area contributed by atoms with Gasteiger partial charge in [-0.1, -0.05) is 29.3 Å². The third-order valence-electron chi connectivity index (χ3n) is 1.54. The molecule has 2 unspecified atom stereocenters. The van der Waals surface area contributed by atoms with E-state index < -0.39 is 19.3 Å². The summed E-state index contributed by atoms with van der Waals surface area (Å²) in [7, 11) is 1.22. The predicted molar refractivity (Wildman–Crippen MR) is 54.4 cm³/mol. The largest absolute Gasteiger partial charge is 0.308 e. The van der Waals surface area contributed by atoms with Crippen LogP contribution >= 0.6 is 33.9 Å². The summed E-state index contributed by atoms with van der Waals surface area (Å²) in [5.74, 6) is 0. The Morgan fingerprint density at radius 2 is 2.08 bits per heavy atom. The van der Waals surface area contributed by atoms with Crippen LogP contribution in [0, 0.1) is 0 Å². The van der Waals surface area contributed by atoms with Gasteiger partial charge in [0.05, 0.1) is 0 Å². The average molecular weight is 263 g/mol. The summed E-state index contributed by atoms with van der Waals surface area (Å²) in [5, 5.41) is -1.29. The summed E-state index contributed by atoms with van der Waals surface area (Å²) >= 11 is 11.4. The molecule has 74 valence electrons. The number of hydrogen-bond donors (Lipinski definition) is 1. The minimum atomic E-state index is -3.92. The van der Waals surface area contributed by atoms with Crippen molar-refractivity contribution in [2.75, 3.05) is 0 Å². The van der Waals surface area contributed by atoms with Gasteiger partial charge in [0.25, 0.3) is 0 Å². The van der Waals surface area contributed by atoms with Gasteiger partial charge in [0.1, 0.15) is 10.2 Å². The molecule has 0 aromatic rings. The number of rotatable bonds is 1. The second-order valence-corrected chi connectivity index (χ2v) is 6.40. The summed E-state index contributed by atoms with van der Waals surface area (Å²) in [6, 6.07) is 0. The number of nitrogens with two attached hydrogens (primary N) is 1. The Labute approximate surface area is 90.6 Å². The van der Waals surface area contributed by atoms with E-state index in [1.807, 2.05) is 0 Å². The quantitative estimate of drug-likeness (QED) is 0.443. The molecule has 0 fully saturated rings. The highest BCUT2D eigenvalue weighted by Crippen LogP contribution is 2.34. The molecule has 13 heavy (non-hydrogen) atoms. The zero-order valence-corrected chi connectivity index (χ0v) is 9.33. The fourth-order valence-corrected chi connectivity index (χ4v) is 4.09. The van der Waals surface area contributed by atoms with Gasteiger partial charge in [-0.05, 0) is 12.2 Å². The van der Waals surface area contributed by atoms with E-state index in [0.717, 1.165) is 0 Å². The number of halogens is 3. The summed E-state index contributed by atoms with van der Waals surface area (Å²) in [6.07, 6.45) is 4.19. The van der Waals surface area contributed by atoms with Crippen LogP contribution in [0.1, 0.15) is 0 Å². The molecule has 1 rings (SSSR count). The lowest BCUT2D eigenvalue weighted by molar-refractivity contribution is 0.587. The average Bonchev–Trinajstić information content (AvgIpc) is 1.79. The Morgan fingerprint density at radius 3 is 2.38 bits per heavy atom. The van der Waals surface area contributed by atoms with Crippen molar-refractivity contribution in [3.8, 4) is 0 Å². The highest BCUT2D eigenvalue weighted by atomic mass is 35.7. The first-order chi connectivity index (χ1) is 5.75. The minimum absolute atomic E-state index is 0.00926. The van der Waals surface area contributed by atoms with E-state index >= 15 is 0 Å². The zero-order chi connectivity index (χ0) is 10.3. The van der Waals surface area contributed by atoms with Crippen molar-refractivity contribution in [3.63, 3.8) is 0 Å². The lowest BCUT2D eigenvalue weighted by Gasteiger charge is -2.28. The van der Waals surface area contributed by atoms with Crippen molar-refractivity contribution in [3.05, 3.63) is 23.3 Å². The summed E-state index contributed by atoms with van der Waals surface area (Å²) in [6.45, 7) is 0. The Hall–Kier alpha value is 0.260. The molecule has 0 aromatic carbocycles. The fraction of sp³-hybridized carbons (Fsp3) is 0.333. The van der Waals surface area contributed by atoms with E-state index in [-0.39, 0.29) is 5.03 Å². The van der Waals surface area contributed by atoms with Gasteiger partial charge in [0.2, 0.25) is 9.05 Å². The van der Waals surface area contributed by atoms with Gasteiger partial charge >= 0.3 is 0 Å². The smallest absolute Gasteiger partial charge is 0.243 e. The maximum atomic E-state index is 11.1. The molecule has 0 heterocycles. The molecule has 0 amide bonds. The van der Waals surface area contributed by atoms with Crippen LogP contribution in [0.15, 0.2) is 23.3 Å². The van der Waals surface area contributed by atoms with Crippen molar-refractivity contribution < 1.29 is 8.42 Å². The third-order valence-corrected chi connectivity index (χ3v) is 4.23. The number of alkyl halides is 1. The van der Waals surface area contributed by atoms with Gasteiger partial charge in [-0.15, -0.1) is 0 Å². The van der Waals surface area contributed by atoms with E-state index in [0.29, 0.717) is 0 Å². The number of hydrogen-bond acceptors (Lipinski definition) is 3. The monoisotopic (exact) mass is 261 g/mol. The summed E-state index contributed by atoms with van der Waals surface area (Å²) in [5.41, 5.74) is 5.49. The van der Waals surface area contributed by atoms with Crippen LogP contribution in [-0.2, 0) is 9.05 Å². The Morgan fingerprint density at radius 1 is 1.54 bits per heavy atom. The molecule has 0 radical (unpaired) electrons. The van der Waals surface area contributed by atoms with Crippen LogP contribution in [0.5, 0.6) is 0 Å². The molecule has 7 heteroatoms. The molecule has 2 atom stereocenters. The lowest BCUT2D eigenvalue weighted by Crippen LogP contribution is -2.48. The van der Waals surface area contributed by atoms with Crippen LogP contribution in [0.25, 0.3) is 0 Å². The summed E-state index contributed by atoms with van der Waals surface area (Å²) < 4.78 is 22.1. The first-order valence-electron chi connectivity index (χ1n) is 3.21. The van der Waals surface area contributed by atoms with Gasteiger partial charge in [0, 0.05) is 15.7 Å². The molecule has 0 bridgehead atoms. The lowest BCUT2D eigenvalue weighted by atomic mass is 10.1. The molecule has 1 aliphatic rings. The Bertz CT molecular complexity index is 371. The maximum Gasteiger partial charge on any atom is 0.243 e. The van der Waals surface area contributed by atoms with E-state index in [1.54, 1.807) is 0 Å². The van der Waals surface area contributed by atoms with E-state index in [2.05, 4.69) is 0 Å². The normalized spacial score (nSPS) is 34.5. The van der Waals surface area contributed by atoms with Gasteiger partial charge in [-0.2, -0.15) is 0 Å². The molecule has 3 nitrogen and oxygen atoms in total. The maximum absolute atomic E-state index is 11.1. The van der Waals surface area contributed by atoms with Crippen molar-refractivity contribution in [2.45, 2.75) is 10.2 Å². The van der Waals surface area contributed by atoms with Crippen molar-refractivity contribution in [2.24, 2.45) is 5.73 Å². The molecular formula is C6H6Cl3NO2S. The summed E-state index contributed by atoms with van der Waals surface area (Å²) in [4.78, 5) is -1.58. The third kappa shape index (κ3) is 2.39. The molecule has 0 spiro atoms. The van der Waals surface area contributed by atoms with E-state index in [1.165, 1.54) is 18.2 Å². The van der Waals surface area contributed by atoms with Crippen LogP contribution < -0.4 is 5.73 Å². The van der Waals surface area contributed by atoms with Crippen molar-refractivity contribution >= 4 is 42.9 Å². The first-order valence-corrected chi connectivity index (χ1v) is 6.34. The van der Waals surface area contributed by atoms with Gasteiger partial charge < -0.3 is 5.73 Å². The molecule has 0 saturated heterocycles. The minimum Gasteiger partial charge on any atom is -0.308 e. The van der Waals surface area contributed by atoms with Crippen LogP contribution in [0.4, 0.5) is 0 Å². The van der Waals surface area contributed by atoms with Gasteiger partial charge in [-0.25, -0.2) is 8.42 Å². The van der Waals surface area contributed by atoms with Gasteiger partial charge in [-0.3, -0.25) is 0 Å². The predicted octanol–water partition coefficient (Wildman–Crippen LogP) is 1.51. The molecule has 0 aliphatic heterocycles. The first kappa shape index (κ1) is 11.3. The van der Waals surface area contributed by atoms with E-state index in [9.17, 15) is 8.42 Å².